The number of rotatable bonds is 2. The highest BCUT2D eigenvalue weighted by atomic mass is 15.1. The Bertz CT molecular complexity index is 229. The fraction of sp³-hybridized carbons (Fsp3) is 0.444. The van der Waals surface area contributed by atoms with Crippen LogP contribution in [0.4, 0.5) is 5.82 Å². The van der Waals surface area contributed by atoms with Crippen molar-refractivity contribution in [3.8, 4) is 0 Å². The molecule has 1 aromatic heterocycles. The molecule has 0 radical (unpaired) electrons. The van der Waals surface area contributed by atoms with Crippen molar-refractivity contribution < 1.29 is 0 Å². The van der Waals surface area contributed by atoms with Gasteiger partial charge in [0.1, 0.15) is 5.82 Å². The Morgan fingerprint density at radius 2 is 2.50 bits per heavy atom. The fourth-order valence-corrected chi connectivity index (χ4v) is 1.44. The maximum absolute atomic E-state index is 4.20. The van der Waals surface area contributed by atoms with Crippen molar-refractivity contribution in [2.24, 2.45) is 0 Å². The summed E-state index contributed by atoms with van der Waals surface area (Å²) in [6, 6.07) is 6.48. The van der Waals surface area contributed by atoms with Gasteiger partial charge in [-0.2, -0.15) is 0 Å². The number of anilines is 1. The lowest BCUT2D eigenvalue weighted by Gasteiger charge is -2.10. The average Bonchev–Trinajstić information content (AvgIpc) is 2.59. The van der Waals surface area contributed by atoms with Crippen LogP contribution in [0.15, 0.2) is 24.4 Å². The first-order valence-electron chi connectivity index (χ1n) is 4.33. The standard InChI is InChI=1S/C9H13N3/c1-2-5-11-9(3-1)12-8-4-6-10-7-8/h1-3,5,8,10H,4,6-7H2,(H,11,12). The summed E-state index contributed by atoms with van der Waals surface area (Å²) in [6.45, 7) is 2.17. The number of nitrogens with zero attached hydrogens (tertiary/aromatic N) is 1. The van der Waals surface area contributed by atoms with E-state index < -0.39 is 0 Å². The van der Waals surface area contributed by atoms with Gasteiger partial charge in [-0.05, 0) is 25.1 Å². The second kappa shape index (κ2) is 3.54. The van der Waals surface area contributed by atoms with E-state index in [-0.39, 0.29) is 0 Å². The molecular formula is C9H13N3. The SMILES string of the molecule is c1ccc(NC2CCNC2)nc1. The highest BCUT2D eigenvalue weighted by molar-refractivity contribution is 5.34. The number of aromatic nitrogens is 1. The van der Waals surface area contributed by atoms with Gasteiger partial charge in [-0.25, -0.2) is 4.98 Å². The lowest BCUT2D eigenvalue weighted by Crippen LogP contribution is -2.22. The minimum absolute atomic E-state index is 0.555. The van der Waals surface area contributed by atoms with Crippen LogP contribution in [-0.2, 0) is 0 Å². The van der Waals surface area contributed by atoms with Crippen LogP contribution in [0.25, 0.3) is 0 Å². The van der Waals surface area contributed by atoms with Crippen molar-refractivity contribution >= 4 is 5.82 Å². The van der Waals surface area contributed by atoms with Crippen LogP contribution >= 0.6 is 0 Å². The van der Waals surface area contributed by atoms with Crippen LogP contribution in [0.5, 0.6) is 0 Å². The molecule has 1 saturated heterocycles. The molecule has 0 aromatic carbocycles. The van der Waals surface area contributed by atoms with E-state index >= 15 is 0 Å². The van der Waals surface area contributed by atoms with Crippen molar-refractivity contribution in [2.45, 2.75) is 12.5 Å². The Hall–Kier alpha value is -1.09. The van der Waals surface area contributed by atoms with Gasteiger partial charge in [-0.3, -0.25) is 0 Å². The van der Waals surface area contributed by atoms with E-state index in [1.807, 2.05) is 24.4 Å². The predicted octanol–water partition coefficient (Wildman–Crippen LogP) is 0.855. The molecular weight excluding hydrogens is 150 g/mol. The topological polar surface area (TPSA) is 37.0 Å². The van der Waals surface area contributed by atoms with Gasteiger partial charge < -0.3 is 10.6 Å². The average molecular weight is 163 g/mol. The molecule has 0 aliphatic carbocycles. The van der Waals surface area contributed by atoms with Gasteiger partial charge in [0.2, 0.25) is 0 Å². The second-order valence-corrected chi connectivity index (χ2v) is 3.05. The van der Waals surface area contributed by atoms with E-state index in [4.69, 9.17) is 0 Å². The Kier molecular flexibility index (Phi) is 2.23. The van der Waals surface area contributed by atoms with E-state index in [0.717, 1.165) is 18.9 Å². The largest absolute Gasteiger partial charge is 0.366 e. The molecule has 1 aliphatic rings. The molecule has 3 nitrogen and oxygen atoms in total. The molecule has 1 aliphatic heterocycles. The molecule has 12 heavy (non-hydrogen) atoms. The molecule has 0 saturated carbocycles. The molecule has 3 heteroatoms. The van der Waals surface area contributed by atoms with Gasteiger partial charge in [0.15, 0.2) is 0 Å². The summed E-state index contributed by atoms with van der Waals surface area (Å²) in [5, 5.41) is 6.67. The van der Waals surface area contributed by atoms with E-state index in [2.05, 4.69) is 15.6 Å². The van der Waals surface area contributed by atoms with Gasteiger partial charge >= 0.3 is 0 Å². The third kappa shape index (κ3) is 1.74. The highest BCUT2D eigenvalue weighted by Crippen LogP contribution is 2.06. The van der Waals surface area contributed by atoms with Crippen LogP contribution < -0.4 is 10.6 Å². The first kappa shape index (κ1) is 7.55. The van der Waals surface area contributed by atoms with Gasteiger partial charge in [0.25, 0.3) is 0 Å². The molecule has 2 heterocycles. The zero-order valence-electron chi connectivity index (χ0n) is 6.96. The van der Waals surface area contributed by atoms with E-state index in [0.29, 0.717) is 6.04 Å². The maximum Gasteiger partial charge on any atom is 0.126 e. The smallest absolute Gasteiger partial charge is 0.126 e. The summed E-state index contributed by atoms with van der Waals surface area (Å²) in [7, 11) is 0. The number of nitrogens with one attached hydrogen (secondary N) is 2. The van der Waals surface area contributed by atoms with Crippen molar-refractivity contribution in [2.75, 3.05) is 18.4 Å². The number of pyridine rings is 1. The summed E-state index contributed by atoms with van der Waals surface area (Å²) in [5.74, 6) is 0.978. The molecule has 0 spiro atoms. The van der Waals surface area contributed by atoms with Crippen LogP contribution in [-0.4, -0.2) is 24.1 Å². The lowest BCUT2D eigenvalue weighted by atomic mass is 10.2. The van der Waals surface area contributed by atoms with E-state index in [9.17, 15) is 0 Å². The van der Waals surface area contributed by atoms with Crippen molar-refractivity contribution in [1.82, 2.24) is 10.3 Å². The summed E-state index contributed by atoms with van der Waals surface area (Å²) in [4.78, 5) is 4.20. The molecule has 0 amide bonds. The van der Waals surface area contributed by atoms with E-state index in [1.54, 1.807) is 0 Å². The normalized spacial score (nSPS) is 22.5. The summed E-state index contributed by atoms with van der Waals surface area (Å²) in [5.41, 5.74) is 0. The Morgan fingerprint density at radius 3 is 3.17 bits per heavy atom. The summed E-state index contributed by atoms with van der Waals surface area (Å²) < 4.78 is 0. The van der Waals surface area contributed by atoms with E-state index in [1.165, 1.54) is 6.42 Å². The molecule has 1 aromatic rings. The quantitative estimate of drug-likeness (QED) is 0.679. The summed E-state index contributed by atoms with van der Waals surface area (Å²) >= 11 is 0. The molecule has 2 N–H and O–H groups in total. The number of hydrogen-bond donors (Lipinski definition) is 2. The Labute approximate surface area is 72.2 Å². The minimum atomic E-state index is 0.555. The monoisotopic (exact) mass is 163 g/mol. The highest BCUT2D eigenvalue weighted by Gasteiger charge is 2.13. The molecule has 0 bridgehead atoms. The number of hydrogen-bond acceptors (Lipinski definition) is 3. The molecule has 64 valence electrons. The third-order valence-electron chi connectivity index (χ3n) is 2.08. The third-order valence-corrected chi connectivity index (χ3v) is 2.08. The minimum Gasteiger partial charge on any atom is -0.366 e. The summed E-state index contributed by atoms with van der Waals surface area (Å²) in [6.07, 6.45) is 3.00. The van der Waals surface area contributed by atoms with Crippen LogP contribution in [0.2, 0.25) is 0 Å². The van der Waals surface area contributed by atoms with Gasteiger partial charge in [-0.15, -0.1) is 0 Å². The second-order valence-electron chi connectivity index (χ2n) is 3.05. The predicted molar refractivity (Wildman–Crippen MR) is 49.1 cm³/mol. The molecule has 1 fully saturated rings. The zero-order chi connectivity index (χ0) is 8.23. The van der Waals surface area contributed by atoms with Gasteiger partial charge in [0, 0.05) is 18.8 Å². The van der Waals surface area contributed by atoms with Crippen molar-refractivity contribution in [1.29, 1.82) is 0 Å². The lowest BCUT2D eigenvalue weighted by molar-refractivity contribution is 0.788. The first-order valence-corrected chi connectivity index (χ1v) is 4.33. The maximum atomic E-state index is 4.20. The van der Waals surface area contributed by atoms with Crippen LogP contribution in [0.3, 0.4) is 0 Å². The fourth-order valence-electron chi connectivity index (χ4n) is 1.44. The van der Waals surface area contributed by atoms with Gasteiger partial charge in [-0.1, -0.05) is 6.07 Å². The van der Waals surface area contributed by atoms with Crippen LogP contribution in [0, 0.1) is 0 Å². The van der Waals surface area contributed by atoms with Crippen molar-refractivity contribution in [3.05, 3.63) is 24.4 Å². The van der Waals surface area contributed by atoms with Crippen LogP contribution in [0.1, 0.15) is 6.42 Å². The Balaban J connectivity index is 1.94. The first-order chi connectivity index (χ1) is 5.95. The van der Waals surface area contributed by atoms with Gasteiger partial charge in [0.05, 0.1) is 0 Å². The molecule has 2 rings (SSSR count). The molecule has 1 unspecified atom stereocenters. The zero-order valence-corrected chi connectivity index (χ0v) is 6.96. The van der Waals surface area contributed by atoms with Crippen molar-refractivity contribution in [3.63, 3.8) is 0 Å². The molecule has 1 atom stereocenters. The Morgan fingerprint density at radius 1 is 1.50 bits per heavy atom.